The number of carbonyl (C=O) groups excluding carboxylic acids is 2. The van der Waals surface area contributed by atoms with Crippen LogP contribution in [-0.4, -0.2) is 51.3 Å². The van der Waals surface area contributed by atoms with Gasteiger partial charge in [-0.05, 0) is 82.5 Å². The van der Waals surface area contributed by atoms with Crippen molar-refractivity contribution in [3.8, 4) is 0 Å². The molecule has 0 radical (unpaired) electrons. The van der Waals surface area contributed by atoms with E-state index in [9.17, 15) is 9.59 Å². The van der Waals surface area contributed by atoms with Gasteiger partial charge >= 0.3 is 6.09 Å². The molecule has 1 aliphatic heterocycles. The fourth-order valence-electron chi connectivity index (χ4n) is 4.93. The van der Waals surface area contributed by atoms with Crippen LogP contribution in [0.4, 0.5) is 33.5 Å². The SMILES string of the molecule is CCc1cnn2c(Nc3cccc(NC(=O)c4ccc(N)cc4)c3)cc(N3CCCC(NC(=O)OC(C)(C)C)C3)nc12. The van der Waals surface area contributed by atoms with E-state index in [0.717, 1.165) is 54.3 Å². The molecule has 11 nitrogen and oxygen atoms in total. The zero-order chi connectivity index (χ0) is 29.9. The first-order valence-corrected chi connectivity index (χ1v) is 14.2. The molecule has 0 saturated carbocycles. The predicted molar refractivity (Wildman–Crippen MR) is 166 cm³/mol. The number of aromatic nitrogens is 3. The highest BCUT2D eigenvalue weighted by Crippen LogP contribution is 2.28. The van der Waals surface area contributed by atoms with Gasteiger partial charge in [0.05, 0.1) is 6.20 Å². The number of nitrogens with zero attached hydrogens (tertiary/aromatic N) is 4. The average Bonchev–Trinajstić information content (AvgIpc) is 3.36. The maximum absolute atomic E-state index is 12.8. The maximum Gasteiger partial charge on any atom is 0.407 e. The number of carbonyl (C=O) groups is 2. The minimum Gasteiger partial charge on any atom is -0.444 e. The van der Waals surface area contributed by atoms with Crippen LogP contribution in [0.3, 0.4) is 0 Å². The van der Waals surface area contributed by atoms with Crippen LogP contribution >= 0.6 is 0 Å². The van der Waals surface area contributed by atoms with Crippen LogP contribution in [0.1, 0.15) is 56.5 Å². The Labute approximate surface area is 245 Å². The van der Waals surface area contributed by atoms with Gasteiger partial charge in [-0.15, -0.1) is 0 Å². The van der Waals surface area contributed by atoms with Crippen LogP contribution in [0.2, 0.25) is 0 Å². The monoisotopic (exact) mass is 570 g/mol. The topological polar surface area (TPSA) is 139 Å². The second-order valence-corrected chi connectivity index (χ2v) is 11.5. The number of nitrogen functional groups attached to an aromatic ring is 1. The first-order valence-electron chi connectivity index (χ1n) is 14.2. The van der Waals surface area contributed by atoms with Gasteiger partial charge in [0, 0.05) is 53.4 Å². The molecule has 3 heterocycles. The number of ether oxygens (including phenoxy) is 1. The number of hydrogen-bond donors (Lipinski definition) is 4. The number of benzene rings is 2. The van der Waals surface area contributed by atoms with Gasteiger partial charge in [-0.2, -0.15) is 9.61 Å². The molecule has 1 fully saturated rings. The van der Waals surface area contributed by atoms with Gasteiger partial charge in [0.2, 0.25) is 0 Å². The number of hydrogen-bond acceptors (Lipinski definition) is 8. The third-order valence-corrected chi connectivity index (χ3v) is 6.94. The van der Waals surface area contributed by atoms with Crippen LogP contribution in [0.15, 0.2) is 60.8 Å². The van der Waals surface area contributed by atoms with Crippen molar-refractivity contribution in [3.05, 3.63) is 71.9 Å². The van der Waals surface area contributed by atoms with Crippen molar-refractivity contribution in [2.45, 2.75) is 58.6 Å². The molecular weight excluding hydrogens is 532 g/mol. The summed E-state index contributed by atoms with van der Waals surface area (Å²) in [6.07, 6.45) is 3.99. The summed E-state index contributed by atoms with van der Waals surface area (Å²) in [4.78, 5) is 32.3. The number of aryl methyl sites for hydroxylation is 1. The number of nitrogens with two attached hydrogens (primary N) is 1. The summed E-state index contributed by atoms with van der Waals surface area (Å²) in [6, 6.07) is 16.2. The van der Waals surface area contributed by atoms with Crippen molar-refractivity contribution in [2.75, 3.05) is 34.4 Å². The van der Waals surface area contributed by atoms with Crippen LogP contribution in [0.25, 0.3) is 5.65 Å². The molecule has 0 spiro atoms. The summed E-state index contributed by atoms with van der Waals surface area (Å²) in [6.45, 7) is 9.07. The molecule has 0 aliphatic carbocycles. The lowest BCUT2D eigenvalue weighted by Gasteiger charge is -2.34. The molecule has 1 atom stereocenters. The van der Waals surface area contributed by atoms with E-state index >= 15 is 0 Å². The van der Waals surface area contributed by atoms with Crippen LogP contribution < -0.4 is 26.6 Å². The van der Waals surface area contributed by atoms with Gasteiger partial charge in [-0.25, -0.2) is 9.78 Å². The van der Waals surface area contributed by atoms with Crippen molar-refractivity contribution in [1.29, 1.82) is 0 Å². The summed E-state index contributed by atoms with van der Waals surface area (Å²) in [7, 11) is 0. The standard InChI is InChI=1S/C31H38N8O3/c1-5-20-18-33-39-27(34-23-8-6-9-24(16-23)35-29(40)21-11-13-22(32)14-12-21)17-26(37-28(20)39)38-15-7-10-25(19-38)36-30(41)42-31(2,3)4/h6,8-9,11-14,16-18,25,34H,5,7,10,15,19,32H2,1-4H3,(H,35,40)(H,36,41). The van der Waals surface area contributed by atoms with E-state index in [2.05, 4.69) is 32.9 Å². The van der Waals surface area contributed by atoms with Crippen molar-refractivity contribution in [3.63, 3.8) is 0 Å². The number of alkyl carbamates (subject to hydrolysis) is 1. The summed E-state index contributed by atoms with van der Waals surface area (Å²) in [5.41, 5.74) is 9.55. The Morgan fingerprint density at radius 1 is 1.10 bits per heavy atom. The lowest BCUT2D eigenvalue weighted by Crippen LogP contribution is -2.49. The van der Waals surface area contributed by atoms with Crippen molar-refractivity contribution in [2.24, 2.45) is 0 Å². The molecule has 1 aliphatic rings. The normalized spacial score (nSPS) is 15.3. The maximum atomic E-state index is 12.8. The summed E-state index contributed by atoms with van der Waals surface area (Å²) >= 11 is 0. The van der Waals surface area contributed by atoms with Crippen LogP contribution in [-0.2, 0) is 11.2 Å². The lowest BCUT2D eigenvalue weighted by molar-refractivity contribution is 0.0499. The number of amides is 2. The highest BCUT2D eigenvalue weighted by Gasteiger charge is 2.26. The van der Waals surface area contributed by atoms with E-state index in [-0.39, 0.29) is 11.9 Å². The first-order chi connectivity index (χ1) is 20.1. The Kier molecular flexibility index (Phi) is 8.19. The molecule has 5 rings (SSSR count). The predicted octanol–water partition coefficient (Wildman–Crippen LogP) is 5.36. The Balaban J connectivity index is 1.37. The highest BCUT2D eigenvalue weighted by molar-refractivity contribution is 6.04. The van der Waals surface area contributed by atoms with E-state index in [1.54, 1.807) is 28.8 Å². The number of rotatable bonds is 7. The van der Waals surface area contributed by atoms with E-state index < -0.39 is 11.7 Å². The van der Waals surface area contributed by atoms with Crippen molar-refractivity contribution >= 4 is 46.3 Å². The lowest BCUT2D eigenvalue weighted by atomic mass is 10.1. The fraction of sp³-hybridized carbons (Fsp3) is 0.355. The van der Waals surface area contributed by atoms with Gasteiger partial charge in [0.15, 0.2) is 5.65 Å². The average molecular weight is 571 g/mol. The van der Waals surface area contributed by atoms with E-state index in [4.69, 9.17) is 15.5 Å². The molecule has 2 aromatic heterocycles. The molecular formula is C31H38N8O3. The molecule has 2 aromatic carbocycles. The molecule has 11 heteroatoms. The third kappa shape index (κ3) is 6.91. The first kappa shape index (κ1) is 28.7. The minimum atomic E-state index is -0.555. The molecule has 2 amide bonds. The van der Waals surface area contributed by atoms with Gasteiger partial charge in [0.1, 0.15) is 17.2 Å². The van der Waals surface area contributed by atoms with Crippen LogP contribution in [0, 0.1) is 0 Å². The second kappa shape index (κ2) is 12.0. The van der Waals surface area contributed by atoms with Gasteiger partial charge in [0.25, 0.3) is 5.91 Å². The largest absolute Gasteiger partial charge is 0.444 e. The molecule has 0 bridgehead atoms. The summed E-state index contributed by atoms with van der Waals surface area (Å²) < 4.78 is 7.26. The molecule has 4 aromatic rings. The molecule has 220 valence electrons. The number of anilines is 5. The second-order valence-electron chi connectivity index (χ2n) is 11.5. The molecule has 5 N–H and O–H groups in total. The zero-order valence-electron chi connectivity index (χ0n) is 24.5. The molecule has 1 saturated heterocycles. The van der Waals surface area contributed by atoms with Gasteiger partial charge in [-0.1, -0.05) is 13.0 Å². The minimum absolute atomic E-state index is 0.0556. The summed E-state index contributed by atoms with van der Waals surface area (Å²) in [5.74, 6) is 1.31. The van der Waals surface area contributed by atoms with E-state index in [1.165, 1.54) is 0 Å². The summed E-state index contributed by atoms with van der Waals surface area (Å²) in [5, 5.41) is 14.0. The molecule has 1 unspecified atom stereocenters. The van der Waals surface area contributed by atoms with E-state index in [1.807, 2.05) is 57.3 Å². The molecule has 42 heavy (non-hydrogen) atoms. The Morgan fingerprint density at radius 3 is 2.60 bits per heavy atom. The fourth-order valence-corrected chi connectivity index (χ4v) is 4.93. The van der Waals surface area contributed by atoms with Gasteiger partial charge < -0.3 is 31.3 Å². The smallest absolute Gasteiger partial charge is 0.407 e. The van der Waals surface area contributed by atoms with Crippen molar-refractivity contribution < 1.29 is 14.3 Å². The zero-order valence-corrected chi connectivity index (χ0v) is 24.5. The number of piperidine rings is 1. The van der Waals surface area contributed by atoms with Crippen molar-refractivity contribution in [1.82, 2.24) is 19.9 Å². The Bertz CT molecular complexity index is 1580. The van der Waals surface area contributed by atoms with E-state index in [0.29, 0.717) is 23.5 Å². The Hall–Kier alpha value is -4.80. The number of fused-ring (bicyclic) bond motifs is 1. The van der Waals surface area contributed by atoms with Crippen LogP contribution in [0.5, 0.6) is 0 Å². The highest BCUT2D eigenvalue weighted by atomic mass is 16.6. The van der Waals surface area contributed by atoms with Gasteiger partial charge in [-0.3, -0.25) is 4.79 Å². The number of nitrogens with one attached hydrogen (secondary N) is 3. The third-order valence-electron chi connectivity index (χ3n) is 6.94. The Morgan fingerprint density at radius 2 is 1.86 bits per heavy atom. The quantitative estimate of drug-likeness (QED) is 0.218.